The standard InChI is InChI=1S/C24H32Cl2N4O/c1-5-7-17(6-2)16(4)27-12-13-28-24(31)22-15(3)23(18-8-9-18)30(29-22)21-11-10-19(25)14-20(21)26/h5,10-11,14,16-18,27H,1,6-9,12-13H2,2-4H3,(H,28,31). The third kappa shape index (κ3) is 5.71. The van der Waals surface area contributed by atoms with Crippen molar-refractivity contribution in [3.63, 3.8) is 0 Å². The van der Waals surface area contributed by atoms with Gasteiger partial charge in [-0.1, -0.05) is 42.6 Å². The van der Waals surface area contributed by atoms with Gasteiger partial charge in [0.05, 0.1) is 16.4 Å². The summed E-state index contributed by atoms with van der Waals surface area (Å²) in [6, 6.07) is 5.71. The minimum absolute atomic E-state index is 0.157. The molecule has 2 unspecified atom stereocenters. The molecule has 0 saturated heterocycles. The van der Waals surface area contributed by atoms with Gasteiger partial charge in [-0.2, -0.15) is 5.10 Å². The molecule has 1 fully saturated rings. The van der Waals surface area contributed by atoms with Crippen LogP contribution in [-0.4, -0.2) is 34.8 Å². The summed E-state index contributed by atoms with van der Waals surface area (Å²) in [5, 5.41) is 12.3. The number of halogens is 2. The predicted octanol–water partition coefficient (Wildman–Crippen LogP) is 5.68. The van der Waals surface area contributed by atoms with Crippen molar-refractivity contribution in [3.8, 4) is 5.69 Å². The summed E-state index contributed by atoms with van der Waals surface area (Å²) in [5.41, 5.74) is 3.19. The van der Waals surface area contributed by atoms with Crippen LogP contribution in [0.5, 0.6) is 0 Å². The Morgan fingerprint density at radius 1 is 1.35 bits per heavy atom. The van der Waals surface area contributed by atoms with E-state index in [1.54, 1.807) is 12.1 Å². The van der Waals surface area contributed by atoms with Crippen LogP contribution in [0, 0.1) is 12.8 Å². The van der Waals surface area contributed by atoms with Crippen molar-refractivity contribution >= 4 is 29.1 Å². The molecule has 1 heterocycles. The third-order valence-corrected chi connectivity index (χ3v) is 6.60. The van der Waals surface area contributed by atoms with E-state index >= 15 is 0 Å². The first-order chi connectivity index (χ1) is 14.9. The van der Waals surface area contributed by atoms with Crippen molar-refractivity contribution in [3.05, 3.63) is 57.9 Å². The highest BCUT2D eigenvalue weighted by molar-refractivity contribution is 6.35. The summed E-state index contributed by atoms with van der Waals surface area (Å²) >= 11 is 12.5. The van der Waals surface area contributed by atoms with E-state index < -0.39 is 0 Å². The Hall–Kier alpha value is -1.82. The van der Waals surface area contributed by atoms with Crippen LogP contribution in [0.25, 0.3) is 5.69 Å². The lowest BCUT2D eigenvalue weighted by Gasteiger charge is -2.22. The Morgan fingerprint density at radius 3 is 2.71 bits per heavy atom. The Bertz CT molecular complexity index is 936. The number of hydrogen-bond acceptors (Lipinski definition) is 3. The summed E-state index contributed by atoms with van der Waals surface area (Å²) in [7, 11) is 0. The van der Waals surface area contributed by atoms with Gasteiger partial charge in [-0.3, -0.25) is 4.79 Å². The van der Waals surface area contributed by atoms with Crippen molar-refractivity contribution in [2.75, 3.05) is 13.1 Å². The summed E-state index contributed by atoms with van der Waals surface area (Å²) in [5.74, 6) is 0.811. The Balaban J connectivity index is 1.68. The monoisotopic (exact) mass is 462 g/mol. The van der Waals surface area contributed by atoms with Crippen molar-refractivity contribution < 1.29 is 4.79 Å². The van der Waals surface area contributed by atoms with Crippen LogP contribution in [0.4, 0.5) is 0 Å². The van der Waals surface area contributed by atoms with Crippen LogP contribution in [0.3, 0.4) is 0 Å². The first kappa shape index (κ1) is 23.8. The van der Waals surface area contributed by atoms with E-state index in [1.165, 1.54) is 0 Å². The van der Waals surface area contributed by atoms with E-state index in [9.17, 15) is 4.79 Å². The number of carbonyl (C=O) groups excluding carboxylic acids is 1. The second kappa shape index (κ2) is 10.7. The third-order valence-electron chi connectivity index (χ3n) is 6.06. The Labute approximate surface area is 195 Å². The Kier molecular flexibility index (Phi) is 8.20. The van der Waals surface area contributed by atoms with Gasteiger partial charge in [0, 0.05) is 35.6 Å². The van der Waals surface area contributed by atoms with Crippen molar-refractivity contribution in [1.82, 2.24) is 20.4 Å². The highest BCUT2D eigenvalue weighted by Crippen LogP contribution is 2.43. The molecule has 0 bridgehead atoms. The van der Waals surface area contributed by atoms with Gasteiger partial charge in [0.1, 0.15) is 0 Å². The zero-order valence-electron chi connectivity index (χ0n) is 18.5. The number of nitrogens with one attached hydrogen (secondary N) is 2. The van der Waals surface area contributed by atoms with Gasteiger partial charge in [0.2, 0.25) is 0 Å². The molecule has 3 rings (SSSR count). The van der Waals surface area contributed by atoms with Gasteiger partial charge < -0.3 is 10.6 Å². The average molecular weight is 463 g/mol. The largest absolute Gasteiger partial charge is 0.349 e. The number of amides is 1. The maximum absolute atomic E-state index is 12.9. The fourth-order valence-electron chi connectivity index (χ4n) is 4.06. The van der Waals surface area contributed by atoms with Gasteiger partial charge >= 0.3 is 0 Å². The van der Waals surface area contributed by atoms with Crippen LogP contribution in [0.15, 0.2) is 30.9 Å². The second-order valence-corrected chi connectivity index (χ2v) is 9.18. The van der Waals surface area contributed by atoms with Crippen molar-refractivity contribution in [2.24, 2.45) is 5.92 Å². The molecule has 1 aromatic carbocycles. The number of aromatic nitrogens is 2. The molecule has 1 aliphatic rings. The topological polar surface area (TPSA) is 58.9 Å². The minimum Gasteiger partial charge on any atom is -0.349 e. The quantitative estimate of drug-likeness (QED) is 0.333. The maximum Gasteiger partial charge on any atom is 0.272 e. The molecule has 0 radical (unpaired) electrons. The lowest BCUT2D eigenvalue weighted by atomic mass is 9.95. The molecule has 31 heavy (non-hydrogen) atoms. The number of hydrogen-bond donors (Lipinski definition) is 2. The fraction of sp³-hybridized carbons (Fsp3) is 0.500. The molecule has 1 amide bonds. The van der Waals surface area contributed by atoms with Gasteiger partial charge in [-0.15, -0.1) is 6.58 Å². The number of allylic oxidation sites excluding steroid dienone is 1. The molecule has 7 heteroatoms. The summed E-state index contributed by atoms with van der Waals surface area (Å²) in [6.07, 6.45) is 6.26. The van der Waals surface area contributed by atoms with Gasteiger partial charge in [-0.05, 0) is 57.2 Å². The maximum atomic E-state index is 12.9. The first-order valence-electron chi connectivity index (χ1n) is 11.0. The number of carbonyl (C=O) groups is 1. The molecule has 2 atom stereocenters. The molecule has 2 N–H and O–H groups in total. The highest BCUT2D eigenvalue weighted by atomic mass is 35.5. The first-order valence-corrected chi connectivity index (χ1v) is 11.8. The van der Waals surface area contributed by atoms with E-state index in [0.29, 0.717) is 46.7 Å². The van der Waals surface area contributed by atoms with E-state index in [2.05, 4.69) is 36.2 Å². The van der Waals surface area contributed by atoms with Gasteiger partial charge in [0.25, 0.3) is 5.91 Å². The SMILES string of the molecule is C=CCC(CC)C(C)NCCNC(=O)c1nn(-c2ccc(Cl)cc2Cl)c(C2CC2)c1C. The molecule has 5 nitrogen and oxygen atoms in total. The van der Waals surface area contributed by atoms with Gasteiger partial charge in [0.15, 0.2) is 5.69 Å². The van der Waals surface area contributed by atoms with Crippen molar-refractivity contribution in [2.45, 2.75) is 58.4 Å². The van der Waals surface area contributed by atoms with Crippen LogP contribution in [-0.2, 0) is 0 Å². The predicted molar refractivity (Wildman–Crippen MR) is 129 cm³/mol. The normalized spacial score (nSPS) is 15.5. The van der Waals surface area contributed by atoms with E-state index in [4.69, 9.17) is 23.2 Å². The molecular weight excluding hydrogens is 431 g/mol. The van der Waals surface area contributed by atoms with Crippen LogP contribution < -0.4 is 10.6 Å². The number of rotatable bonds is 11. The van der Waals surface area contributed by atoms with Crippen molar-refractivity contribution in [1.29, 1.82) is 0 Å². The zero-order chi connectivity index (χ0) is 22.5. The van der Waals surface area contributed by atoms with Crippen LogP contribution in [0.1, 0.15) is 67.2 Å². The van der Waals surface area contributed by atoms with Gasteiger partial charge in [-0.25, -0.2) is 4.68 Å². The molecule has 1 aliphatic carbocycles. The van der Waals surface area contributed by atoms with E-state index in [1.807, 2.05) is 23.7 Å². The average Bonchev–Trinajstić information content (AvgIpc) is 3.51. The molecule has 2 aromatic rings. The Morgan fingerprint density at radius 2 is 2.10 bits per heavy atom. The second-order valence-electron chi connectivity index (χ2n) is 8.33. The fourth-order valence-corrected chi connectivity index (χ4v) is 4.55. The highest BCUT2D eigenvalue weighted by Gasteiger charge is 2.33. The summed E-state index contributed by atoms with van der Waals surface area (Å²) in [4.78, 5) is 12.9. The summed E-state index contributed by atoms with van der Waals surface area (Å²) in [6.45, 7) is 11.4. The molecule has 1 aromatic heterocycles. The lowest BCUT2D eigenvalue weighted by Crippen LogP contribution is -2.39. The number of benzene rings is 1. The molecule has 168 valence electrons. The molecular formula is C24H32Cl2N4O. The number of nitrogens with zero attached hydrogens (tertiary/aromatic N) is 2. The van der Waals surface area contributed by atoms with E-state index in [-0.39, 0.29) is 5.91 Å². The minimum atomic E-state index is -0.157. The zero-order valence-corrected chi connectivity index (χ0v) is 20.1. The molecule has 0 aliphatic heterocycles. The summed E-state index contributed by atoms with van der Waals surface area (Å²) < 4.78 is 1.82. The van der Waals surface area contributed by atoms with Crippen LogP contribution in [0.2, 0.25) is 10.0 Å². The van der Waals surface area contributed by atoms with E-state index in [0.717, 1.165) is 42.6 Å². The molecule has 1 saturated carbocycles. The molecule has 0 spiro atoms. The lowest BCUT2D eigenvalue weighted by molar-refractivity contribution is 0.0947. The van der Waals surface area contributed by atoms with Crippen LogP contribution >= 0.6 is 23.2 Å². The smallest absolute Gasteiger partial charge is 0.272 e.